The number of hydrogen-bond acceptors (Lipinski definition) is 6. The van der Waals surface area contributed by atoms with Crippen molar-refractivity contribution in [2.24, 2.45) is 7.05 Å². The lowest BCUT2D eigenvalue weighted by Crippen LogP contribution is -2.38. The predicted octanol–water partition coefficient (Wildman–Crippen LogP) is 1.57. The van der Waals surface area contributed by atoms with E-state index in [9.17, 15) is 0 Å². The average molecular weight is 353 g/mol. The molecule has 0 bridgehead atoms. The van der Waals surface area contributed by atoms with Gasteiger partial charge in [-0.1, -0.05) is 0 Å². The van der Waals surface area contributed by atoms with Gasteiger partial charge in [-0.2, -0.15) is 10.2 Å². The van der Waals surface area contributed by atoms with Gasteiger partial charge in [0.05, 0.1) is 18.1 Å². The van der Waals surface area contributed by atoms with Gasteiger partial charge >= 0.3 is 0 Å². The Morgan fingerprint density at radius 1 is 1.19 bits per heavy atom. The number of ether oxygens (including phenoxy) is 1. The first-order valence-corrected chi connectivity index (χ1v) is 8.82. The highest BCUT2D eigenvalue weighted by Crippen LogP contribution is 2.21. The summed E-state index contributed by atoms with van der Waals surface area (Å²) in [6.45, 7) is 5.24. The molecular weight excluding hydrogens is 330 g/mol. The fraction of sp³-hybridized carbons (Fsp3) is 0.444. The van der Waals surface area contributed by atoms with Crippen molar-refractivity contribution in [3.05, 3.63) is 54.0 Å². The standard InChI is InChI=1S/C18H23N7O/c1-14-15(9-22-23(14)2)11-24-12-16-3-5-21-25(16)8-4-17(24)13-26-18-10-19-6-7-20-18/h3,5-7,9-10,17H,4,8,11-13H2,1-2H3/t17-/m0/s1. The van der Waals surface area contributed by atoms with Crippen LogP contribution in [0.15, 0.2) is 37.1 Å². The van der Waals surface area contributed by atoms with Crippen LogP contribution < -0.4 is 4.74 Å². The molecule has 1 atom stereocenters. The topological polar surface area (TPSA) is 73.9 Å². The molecule has 1 aliphatic heterocycles. The van der Waals surface area contributed by atoms with E-state index in [1.165, 1.54) is 17.0 Å². The molecule has 0 saturated carbocycles. The van der Waals surface area contributed by atoms with Gasteiger partial charge in [-0.05, 0) is 19.4 Å². The minimum absolute atomic E-state index is 0.262. The molecule has 0 aromatic carbocycles. The molecule has 0 spiro atoms. The van der Waals surface area contributed by atoms with Gasteiger partial charge in [-0.25, -0.2) is 4.98 Å². The summed E-state index contributed by atoms with van der Waals surface area (Å²) >= 11 is 0. The quantitative estimate of drug-likeness (QED) is 0.693. The molecule has 0 saturated heterocycles. The van der Waals surface area contributed by atoms with E-state index in [0.29, 0.717) is 12.5 Å². The number of fused-ring (bicyclic) bond motifs is 1. The molecule has 26 heavy (non-hydrogen) atoms. The molecule has 1 aliphatic rings. The molecular formula is C18H23N7O. The second-order valence-corrected chi connectivity index (χ2v) is 6.63. The van der Waals surface area contributed by atoms with Crippen molar-refractivity contribution in [2.75, 3.05) is 6.61 Å². The van der Waals surface area contributed by atoms with Crippen molar-refractivity contribution < 1.29 is 4.74 Å². The van der Waals surface area contributed by atoms with E-state index in [2.05, 4.69) is 42.7 Å². The third-order valence-electron chi connectivity index (χ3n) is 5.03. The Morgan fingerprint density at radius 3 is 2.88 bits per heavy atom. The van der Waals surface area contributed by atoms with Gasteiger partial charge in [-0.3, -0.25) is 19.2 Å². The van der Waals surface area contributed by atoms with Crippen LogP contribution in [0, 0.1) is 6.92 Å². The minimum Gasteiger partial charge on any atom is -0.475 e. The summed E-state index contributed by atoms with van der Waals surface area (Å²) in [5, 5.41) is 8.82. The first kappa shape index (κ1) is 16.7. The van der Waals surface area contributed by atoms with E-state index in [0.717, 1.165) is 26.1 Å². The Hall–Kier alpha value is -2.74. The summed E-state index contributed by atoms with van der Waals surface area (Å²) in [4.78, 5) is 10.7. The monoisotopic (exact) mass is 353 g/mol. The Kier molecular flexibility index (Phi) is 4.66. The fourth-order valence-corrected chi connectivity index (χ4v) is 3.32. The van der Waals surface area contributed by atoms with E-state index in [1.807, 2.05) is 24.1 Å². The van der Waals surface area contributed by atoms with Crippen molar-refractivity contribution in [1.82, 2.24) is 34.4 Å². The Balaban J connectivity index is 1.53. The molecule has 136 valence electrons. The zero-order valence-corrected chi connectivity index (χ0v) is 15.1. The second kappa shape index (κ2) is 7.25. The molecule has 8 heteroatoms. The highest BCUT2D eigenvalue weighted by molar-refractivity contribution is 5.16. The molecule has 0 fully saturated rings. The largest absolute Gasteiger partial charge is 0.475 e. The van der Waals surface area contributed by atoms with Gasteiger partial charge in [0.25, 0.3) is 0 Å². The van der Waals surface area contributed by atoms with Gasteiger partial charge < -0.3 is 4.74 Å². The SMILES string of the molecule is Cc1c(CN2Cc3ccnn3CC[C@H]2COc2cnccn2)cnn1C. The van der Waals surface area contributed by atoms with Gasteiger partial charge in [0.2, 0.25) is 5.88 Å². The highest BCUT2D eigenvalue weighted by Gasteiger charge is 2.26. The van der Waals surface area contributed by atoms with E-state index in [4.69, 9.17) is 4.74 Å². The molecule has 4 heterocycles. The smallest absolute Gasteiger partial charge is 0.232 e. The maximum absolute atomic E-state index is 5.91. The summed E-state index contributed by atoms with van der Waals surface area (Å²) in [5.41, 5.74) is 3.66. The van der Waals surface area contributed by atoms with Crippen LogP contribution in [-0.2, 0) is 26.7 Å². The summed E-state index contributed by atoms with van der Waals surface area (Å²) in [6.07, 6.45) is 9.74. The Morgan fingerprint density at radius 2 is 2.12 bits per heavy atom. The molecule has 8 nitrogen and oxygen atoms in total. The number of hydrogen-bond donors (Lipinski definition) is 0. The fourth-order valence-electron chi connectivity index (χ4n) is 3.32. The lowest BCUT2D eigenvalue weighted by atomic mass is 10.1. The van der Waals surface area contributed by atoms with E-state index < -0.39 is 0 Å². The van der Waals surface area contributed by atoms with E-state index in [-0.39, 0.29) is 6.04 Å². The minimum atomic E-state index is 0.262. The van der Waals surface area contributed by atoms with Crippen molar-refractivity contribution >= 4 is 0 Å². The van der Waals surface area contributed by atoms with Crippen LogP contribution in [-0.4, -0.2) is 47.1 Å². The van der Waals surface area contributed by atoms with Gasteiger partial charge in [0.15, 0.2) is 0 Å². The number of rotatable bonds is 5. The summed E-state index contributed by atoms with van der Waals surface area (Å²) in [5.74, 6) is 0.562. The van der Waals surface area contributed by atoms with Crippen LogP contribution in [0.5, 0.6) is 5.88 Å². The van der Waals surface area contributed by atoms with E-state index in [1.54, 1.807) is 18.6 Å². The first-order chi connectivity index (χ1) is 12.7. The predicted molar refractivity (Wildman–Crippen MR) is 95.4 cm³/mol. The maximum Gasteiger partial charge on any atom is 0.232 e. The molecule has 0 unspecified atom stereocenters. The molecule has 4 rings (SSSR count). The number of aromatic nitrogens is 6. The molecule has 0 radical (unpaired) electrons. The van der Waals surface area contributed by atoms with Crippen LogP contribution in [0.2, 0.25) is 0 Å². The number of nitrogens with zero attached hydrogens (tertiary/aromatic N) is 7. The summed E-state index contributed by atoms with van der Waals surface area (Å²) in [7, 11) is 1.98. The Labute approximate surface area is 152 Å². The zero-order valence-electron chi connectivity index (χ0n) is 15.1. The van der Waals surface area contributed by atoms with Gasteiger partial charge in [-0.15, -0.1) is 0 Å². The van der Waals surface area contributed by atoms with Crippen LogP contribution >= 0.6 is 0 Å². The van der Waals surface area contributed by atoms with Crippen LogP contribution in [0.4, 0.5) is 0 Å². The summed E-state index contributed by atoms with van der Waals surface area (Å²) in [6, 6.07) is 2.35. The lowest BCUT2D eigenvalue weighted by molar-refractivity contribution is 0.115. The molecule has 0 amide bonds. The third-order valence-corrected chi connectivity index (χ3v) is 5.03. The van der Waals surface area contributed by atoms with Gasteiger partial charge in [0.1, 0.15) is 6.61 Å². The molecule has 0 aliphatic carbocycles. The highest BCUT2D eigenvalue weighted by atomic mass is 16.5. The first-order valence-electron chi connectivity index (χ1n) is 8.82. The van der Waals surface area contributed by atoms with Crippen molar-refractivity contribution in [3.63, 3.8) is 0 Å². The second-order valence-electron chi connectivity index (χ2n) is 6.63. The van der Waals surface area contributed by atoms with Crippen LogP contribution in [0.25, 0.3) is 0 Å². The van der Waals surface area contributed by atoms with Gasteiger partial charge in [0, 0.05) is 62.6 Å². The normalized spacial score (nSPS) is 17.7. The van der Waals surface area contributed by atoms with E-state index >= 15 is 0 Å². The zero-order chi connectivity index (χ0) is 17.9. The molecule has 3 aromatic heterocycles. The maximum atomic E-state index is 5.91. The summed E-state index contributed by atoms with van der Waals surface area (Å²) < 4.78 is 9.92. The van der Waals surface area contributed by atoms with Crippen molar-refractivity contribution in [1.29, 1.82) is 0 Å². The molecule has 0 N–H and O–H groups in total. The van der Waals surface area contributed by atoms with Crippen LogP contribution in [0.1, 0.15) is 23.4 Å². The number of aryl methyl sites for hydroxylation is 2. The van der Waals surface area contributed by atoms with Crippen LogP contribution in [0.3, 0.4) is 0 Å². The Bertz CT molecular complexity index is 858. The lowest BCUT2D eigenvalue weighted by Gasteiger charge is -2.29. The average Bonchev–Trinajstić information content (AvgIpc) is 3.19. The molecule has 3 aromatic rings. The third kappa shape index (κ3) is 3.45. The van der Waals surface area contributed by atoms with Crippen molar-refractivity contribution in [3.8, 4) is 5.88 Å². The van der Waals surface area contributed by atoms with Crippen molar-refractivity contribution in [2.45, 2.75) is 39.0 Å².